The van der Waals surface area contributed by atoms with Gasteiger partial charge in [0.1, 0.15) is 0 Å². The first-order valence-corrected chi connectivity index (χ1v) is 6.99. The maximum atomic E-state index is 5.85. The third-order valence-electron chi connectivity index (χ3n) is 4.30. The largest absolute Gasteiger partial charge is 0.373 e. The fourth-order valence-electron chi connectivity index (χ4n) is 3.30. The van der Waals surface area contributed by atoms with Crippen LogP contribution in [0.5, 0.6) is 0 Å². The number of hydrogen-bond acceptors (Lipinski definition) is 5. The average Bonchev–Trinajstić information content (AvgIpc) is 3.11. The van der Waals surface area contributed by atoms with Gasteiger partial charge >= 0.3 is 0 Å². The highest BCUT2D eigenvalue weighted by molar-refractivity contribution is 14.0. The third-order valence-corrected chi connectivity index (χ3v) is 4.30. The fourth-order valence-corrected chi connectivity index (χ4v) is 3.30. The van der Waals surface area contributed by atoms with Gasteiger partial charge in [-0.2, -0.15) is 5.10 Å². The molecule has 6 nitrogen and oxygen atoms in total. The molecule has 0 aliphatic carbocycles. The highest BCUT2D eigenvalue weighted by atomic mass is 127. The molecule has 0 spiro atoms. The van der Waals surface area contributed by atoms with Crippen LogP contribution in [0.4, 0.5) is 0 Å². The lowest BCUT2D eigenvalue weighted by atomic mass is 9.96. The lowest BCUT2D eigenvalue weighted by Crippen LogP contribution is -2.46. The zero-order valence-electron chi connectivity index (χ0n) is 11.5. The Morgan fingerprint density at radius 3 is 3.00 bits per heavy atom. The molecule has 20 heavy (non-hydrogen) atoms. The van der Waals surface area contributed by atoms with Gasteiger partial charge in [0.05, 0.1) is 37.0 Å². The van der Waals surface area contributed by atoms with Crippen LogP contribution in [-0.2, 0) is 11.8 Å². The molecule has 3 aliphatic heterocycles. The van der Waals surface area contributed by atoms with Gasteiger partial charge in [0.15, 0.2) is 5.96 Å². The zero-order chi connectivity index (χ0) is 12.8. The quantitative estimate of drug-likeness (QED) is 0.740. The number of halogens is 1. The van der Waals surface area contributed by atoms with E-state index >= 15 is 0 Å². The Hall–Kier alpha value is -0.830. The molecule has 1 aromatic rings. The Morgan fingerprint density at radius 2 is 2.35 bits per heavy atom. The van der Waals surface area contributed by atoms with Gasteiger partial charge in [0.25, 0.3) is 0 Å². The van der Waals surface area contributed by atoms with Crippen molar-refractivity contribution in [2.24, 2.45) is 12.0 Å². The third kappa shape index (κ3) is 2.52. The first-order valence-electron chi connectivity index (χ1n) is 6.99. The number of rotatable bonds is 2. The molecule has 2 bridgehead atoms. The molecule has 4 atom stereocenters. The van der Waals surface area contributed by atoms with Crippen LogP contribution in [0.2, 0.25) is 0 Å². The van der Waals surface area contributed by atoms with Crippen LogP contribution in [0.3, 0.4) is 0 Å². The van der Waals surface area contributed by atoms with E-state index in [2.05, 4.69) is 20.7 Å². The molecule has 2 saturated heterocycles. The molecule has 0 aromatic carbocycles. The molecule has 1 aromatic heterocycles. The summed E-state index contributed by atoms with van der Waals surface area (Å²) >= 11 is 0. The number of nitrogens with zero attached hydrogens (tertiary/aromatic N) is 3. The average molecular weight is 389 g/mol. The van der Waals surface area contributed by atoms with E-state index in [1.165, 1.54) is 18.4 Å². The van der Waals surface area contributed by atoms with E-state index in [1.807, 2.05) is 24.1 Å². The van der Waals surface area contributed by atoms with Crippen molar-refractivity contribution in [2.75, 3.05) is 6.54 Å². The number of guanidine groups is 1. The first-order chi connectivity index (χ1) is 9.28. The van der Waals surface area contributed by atoms with Gasteiger partial charge in [-0.1, -0.05) is 0 Å². The molecule has 4 heterocycles. The maximum absolute atomic E-state index is 5.85. The minimum atomic E-state index is 0. The van der Waals surface area contributed by atoms with E-state index in [4.69, 9.17) is 4.74 Å². The van der Waals surface area contributed by atoms with E-state index in [1.54, 1.807) is 0 Å². The highest BCUT2D eigenvalue weighted by Crippen LogP contribution is 2.34. The van der Waals surface area contributed by atoms with E-state index in [0.717, 1.165) is 18.9 Å². The molecule has 0 radical (unpaired) electrons. The van der Waals surface area contributed by atoms with Crippen molar-refractivity contribution < 1.29 is 4.74 Å². The molecule has 2 fully saturated rings. The molecule has 110 valence electrons. The molecular weight excluding hydrogens is 369 g/mol. The van der Waals surface area contributed by atoms with E-state index < -0.39 is 0 Å². The van der Waals surface area contributed by atoms with Gasteiger partial charge in [-0.05, 0) is 19.3 Å². The van der Waals surface area contributed by atoms with Gasteiger partial charge in [-0.3, -0.25) is 9.67 Å². The minimum absolute atomic E-state index is 0. The standard InChI is InChI=1S/C13H19N5O.HI/c1-18-7-8(5-15-18)11-6-14-13(17-11)16-10-4-9-2-3-12(10)19-9;/h5,7,9-12H,2-4,6H2,1H3,(H2,14,16,17);1H/t9-,10+,11?,12+;/m0./s1. The minimum Gasteiger partial charge on any atom is -0.373 e. The number of nitrogens with one attached hydrogen (secondary N) is 2. The molecule has 0 saturated carbocycles. The normalized spacial score (nSPS) is 34.5. The topological polar surface area (TPSA) is 63.5 Å². The first kappa shape index (κ1) is 14.1. The second-order valence-corrected chi connectivity index (χ2v) is 5.69. The number of hydrogen-bond donors (Lipinski definition) is 2. The summed E-state index contributed by atoms with van der Waals surface area (Å²) in [6.45, 7) is 0.774. The van der Waals surface area contributed by atoms with Crippen molar-refractivity contribution in [3.05, 3.63) is 18.0 Å². The number of aryl methyl sites for hydroxylation is 1. The van der Waals surface area contributed by atoms with Crippen molar-refractivity contribution in [2.45, 2.75) is 43.6 Å². The zero-order valence-corrected chi connectivity index (χ0v) is 13.8. The lowest BCUT2D eigenvalue weighted by Gasteiger charge is -2.21. The van der Waals surface area contributed by atoms with Crippen molar-refractivity contribution in [3.8, 4) is 0 Å². The van der Waals surface area contributed by atoms with Gasteiger partial charge in [-0.15, -0.1) is 24.0 Å². The summed E-state index contributed by atoms with van der Waals surface area (Å²) in [5.41, 5.74) is 1.19. The number of aliphatic imine (C=N–C) groups is 1. The Morgan fingerprint density at radius 1 is 1.45 bits per heavy atom. The molecule has 0 amide bonds. The maximum Gasteiger partial charge on any atom is 0.192 e. The van der Waals surface area contributed by atoms with Gasteiger partial charge < -0.3 is 15.4 Å². The second-order valence-electron chi connectivity index (χ2n) is 5.69. The summed E-state index contributed by atoms with van der Waals surface area (Å²) in [5, 5.41) is 11.1. The summed E-state index contributed by atoms with van der Waals surface area (Å²) < 4.78 is 7.68. The Balaban J connectivity index is 0.00000121. The Labute approximate surface area is 135 Å². The Kier molecular flexibility index (Phi) is 3.89. The molecular formula is C13H20IN5O. The van der Waals surface area contributed by atoms with Crippen LogP contribution in [0.15, 0.2) is 17.4 Å². The van der Waals surface area contributed by atoms with Crippen LogP contribution in [0, 0.1) is 0 Å². The fraction of sp³-hybridized carbons (Fsp3) is 0.692. The van der Waals surface area contributed by atoms with Crippen molar-refractivity contribution in [1.29, 1.82) is 0 Å². The van der Waals surface area contributed by atoms with E-state index in [-0.39, 0.29) is 30.0 Å². The summed E-state index contributed by atoms with van der Waals surface area (Å²) in [7, 11) is 1.94. The molecule has 4 rings (SSSR count). The Bertz CT molecular complexity index is 517. The smallest absolute Gasteiger partial charge is 0.192 e. The van der Waals surface area contributed by atoms with Gasteiger partial charge in [0.2, 0.25) is 0 Å². The van der Waals surface area contributed by atoms with Crippen LogP contribution in [0.1, 0.15) is 30.9 Å². The van der Waals surface area contributed by atoms with Crippen molar-refractivity contribution >= 4 is 29.9 Å². The van der Waals surface area contributed by atoms with E-state index in [9.17, 15) is 0 Å². The summed E-state index contributed by atoms with van der Waals surface area (Å²) in [6, 6.07) is 0.674. The van der Waals surface area contributed by atoms with Crippen molar-refractivity contribution in [1.82, 2.24) is 20.4 Å². The molecule has 2 N–H and O–H groups in total. The van der Waals surface area contributed by atoms with Crippen LogP contribution in [0.25, 0.3) is 0 Å². The van der Waals surface area contributed by atoms with Crippen molar-refractivity contribution in [3.63, 3.8) is 0 Å². The van der Waals surface area contributed by atoms with Gasteiger partial charge in [-0.25, -0.2) is 0 Å². The predicted molar refractivity (Wildman–Crippen MR) is 86.2 cm³/mol. The summed E-state index contributed by atoms with van der Waals surface area (Å²) in [5.74, 6) is 0.912. The molecule has 3 aliphatic rings. The van der Waals surface area contributed by atoms with Crippen LogP contribution in [-0.4, -0.2) is 40.5 Å². The number of ether oxygens (including phenoxy) is 1. The summed E-state index contributed by atoms with van der Waals surface area (Å²) in [6.07, 6.45) is 8.31. The predicted octanol–water partition coefficient (Wildman–Crippen LogP) is 0.948. The van der Waals surface area contributed by atoms with Crippen LogP contribution < -0.4 is 10.6 Å². The number of aromatic nitrogens is 2. The van der Waals surface area contributed by atoms with Crippen LogP contribution >= 0.6 is 24.0 Å². The number of fused-ring (bicyclic) bond motifs is 2. The summed E-state index contributed by atoms with van der Waals surface area (Å²) in [4.78, 5) is 4.55. The van der Waals surface area contributed by atoms with E-state index in [0.29, 0.717) is 18.2 Å². The monoisotopic (exact) mass is 389 g/mol. The van der Waals surface area contributed by atoms with Gasteiger partial charge in [0, 0.05) is 18.8 Å². The SMILES string of the molecule is Cn1cc(C2CN=C(N[C@@H]3C[C@@H]4CC[C@H]3O4)N2)cn1.I. The second kappa shape index (κ2) is 5.51. The highest BCUT2D eigenvalue weighted by Gasteiger charge is 2.41. The lowest BCUT2D eigenvalue weighted by molar-refractivity contribution is 0.0992. The molecule has 7 heteroatoms. The molecule has 1 unspecified atom stereocenters.